The molecule has 1 nitrogen and oxygen atoms in total. The highest BCUT2D eigenvalue weighted by Crippen LogP contribution is 2.41. The molecule has 1 heterocycles. The molecule has 2 aromatic rings. The fourth-order valence-electron chi connectivity index (χ4n) is 2.19. The molecule has 1 unspecified atom stereocenters. The summed E-state index contributed by atoms with van der Waals surface area (Å²) in [6.45, 7) is 0. The molecule has 86 valence electrons. The zero-order valence-electron chi connectivity index (χ0n) is 8.74. The van der Waals surface area contributed by atoms with E-state index in [0.29, 0.717) is 0 Å². The normalized spacial score (nSPS) is 17.4. The first-order valence-electron chi connectivity index (χ1n) is 5.23. The van der Waals surface area contributed by atoms with Crippen LogP contribution in [0.15, 0.2) is 37.9 Å². The highest BCUT2D eigenvalue weighted by Gasteiger charge is 2.33. The molecule has 1 atom stereocenters. The summed E-state index contributed by atoms with van der Waals surface area (Å²) in [6.07, 6.45) is 0.870. The standard InChI is InChI=1S/C13H8Br2OS/c14-11-6-10(13(15)17-11)12(16)9-5-7-3-1-2-4-8(7)9/h1-4,6,9H,5H2. The van der Waals surface area contributed by atoms with Crippen LogP contribution < -0.4 is 0 Å². The van der Waals surface area contributed by atoms with E-state index in [9.17, 15) is 4.79 Å². The van der Waals surface area contributed by atoms with Crippen molar-refractivity contribution in [1.29, 1.82) is 0 Å². The fraction of sp³-hybridized carbons (Fsp3) is 0.154. The van der Waals surface area contributed by atoms with Gasteiger partial charge in [0.2, 0.25) is 0 Å². The third-order valence-corrected chi connectivity index (χ3v) is 5.43. The van der Waals surface area contributed by atoms with Crippen molar-refractivity contribution in [3.05, 3.63) is 54.6 Å². The minimum Gasteiger partial charge on any atom is -0.293 e. The number of halogens is 2. The molecule has 0 N–H and O–H groups in total. The molecular formula is C13H8Br2OS. The van der Waals surface area contributed by atoms with Crippen LogP contribution in [-0.4, -0.2) is 5.78 Å². The van der Waals surface area contributed by atoms with Gasteiger partial charge in [-0.2, -0.15) is 0 Å². The number of hydrogen-bond donors (Lipinski definition) is 0. The third kappa shape index (κ3) is 1.92. The van der Waals surface area contributed by atoms with Crippen molar-refractivity contribution in [3.8, 4) is 0 Å². The molecule has 1 aromatic carbocycles. The van der Waals surface area contributed by atoms with Gasteiger partial charge in [-0.15, -0.1) is 11.3 Å². The van der Waals surface area contributed by atoms with Gasteiger partial charge in [0.05, 0.1) is 13.5 Å². The monoisotopic (exact) mass is 370 g/mol. The van der Waals surface area contributed by atoms with Gasteiger partial charge >= 0.3 is 0 Å². The van der Waals surface area contributed by atoms with Gasteiger partial charge in [-0.1, -0.05) is 24.3 Å². The molecule has 0 fully saturated rings. The minimum absolute atomic E-state index is 0.0454. The molecule has 1 aliphatic carbocycles. The summed E-state index contributed by atoms with van der Waals surface area (Å²) in [4.78, 5) is 12.4. The maximum absolute atomic E-state index is 12.4. The average Bonchev–Trinajstić information content (AvgIpc) is 2.59. The fourth-order valence-corrected chi connectivity index (χ4v) is 5.01. The Morgan fingerprint density at radius 1 is 1.29 bits per heavy atom. The number of carbonyl (C=O) groups excluding carboxylic acids is 1. The average molecular weight is 372 g/mol. The Kier molecular flexibility index (Phi) is 2.97. The lowest BCUT2D eigenvalue weighted by Crippen LogP contribution is -2.25. The van der Waals surface area contributed by atoms with Crippen molar-refractivity contribution >= 4 is 49.0 Å². The number of ketones is 1. The summed E-state index contributed by atoms with van der Waals surface area (Å²) in [7, 11) is 0. The Bertz CT molecular complexity index is 603. The van der Waals surface area contributed by atoms with E-state index in [-0.39, 0.29) is 11.7 Å². The van der Waals surface area contributed by atoms with Crippen molar-refractivity contribution < 1.29 is 4.79 Å². The smallest absolute Gasteiger partial charge is 0.172 e. The minimum atomic E-state index is 0.0454. The molecule has 3 rings (SSSR count). The number of carbonyl (C=O) groups is 1. The van der Waals surface area contributed by atoms with Crippen LogP contribution in [-0.2, 0) is 6.42 Å². The zero-order valence-corrected chi connectivity index (χ0v) is 12.7. The molecule has 0 saturated heterocycles. The molecule has 1 aliphatic rings. The first kappa shape index (κ1) is 11.6. The van der Waals surface area contributed by atoms with Crippen LogP contribution in [0.5, 0.6) is 0 Å². The summed E-state index contributed by atoms with van der Waals surface area (Å²) >= 11 is 8.40. The maximum Gasteiger partial charge on any atom is 0.172 e. The highest BCUT2D eigenvalue weighted by atomic mass is 79.9. The van der Waals surface area contributed by atoms with Gasteiger partial charge in [-0.05, 0) is 55.5 Å². The van der Waals surface area contributed by atoms with E-state index in [4.69, 9.17) is 0 Å². The SMILES string of the molecule is O=C(c1cc(Br)sc1Br)C1Cc2ccccc21. The molecule has 0 spiro atoms. The summed E-state index contributed by atoms with van der Waals surface area (Å²) < 4.78 is 1.90. The van der Waals surface area contributed by atoms with Crippen LogP contribution in [0.2, 0.25) is 0 Å². The van der Waals surface area contributed by atoms with E-state index in [1.165, 1.54) is 11.1 Å². The second kappa shape index (κ2) is 4.34. The summed E-state index contributed by atoms with van der Waals surface area (Å²) in [6, 6.07) is 10.1. The predicted octanol–water partition coefficient (Wildman–Crippen LogP) is 4.80. The highest BCUT2D eigenvalue weighted by molar-refractivity contribution is 9.12. The molecule has 0 bridgehead atoms. The Morgan fingerprint density at radius 2 is 2.06 bits per heavy atom. The van der Waals surface area contributed by atoms with Gasteiger partial charge in [0.1, 0.15) is 0 Å². The quantitative estimate of drug-likeness (QED) is 0.693. The Morgan fingerprint density at radius 3 is 2.71 bits per heavy atom. The molecule has 17 heavy (non-hydrogen) atoms. The third-order valence-electron chi connectivity index (χ3n) is 3.09. The van der Waals surface area contributed by atoms with Crippen molar-refractivity contribution in [2.45, 2.75) is 12.3 Å². The molecule has 0 aliphatic heterocycles. The number of fused-ring (bicyclic) bond motifs is 1. The molecule has 0 amide bonds. The zero-order chi connectivity index (χ0) is 12.0. The van der Waals surface area contributed by atoms with Crippen LogP contribution in [0.4, 0.5) is 0 Å². The molecule has 0 saturated carbocycles. The molecule has 1 aromatic heterocycles. The second-order valence-electron chi connectivity index (χ2n) is 4.06. The van der Waals surface area contributed by atoms with Crippen LogP contribution >= 0.6 is 43.2 Å². The van der Waals surface area contributed by atoms with Crippen molar-refractivity contribution in [2.24, 2.45) is 0 Å². The number of thiophene rings is 1. The lowest BCUT2D eigenvalue weighted by atomic mass is 9.74. The van der Waals surface area contributed by atoms with Gasteiger partial charge in [-0.3, -0.25) is 4.79 Å². The van der Waals surface area contributed by atoms with Gasteiger partial charge in [0, 0.05) is 5.56 Å². The van der Waals surface area contributed by atoms with E-state index >= 15 is 0 Å². The summed E-state index contributed by atoms with van der Waals surface area (Å²) in [5.41, 5.74) is 3.28. The van der Waals surface area contributed by atoms with Crippen molar-refractivity contribution in [3.63, 3.8) is 0 Å². The second-order valence-corrected chi connectivity index (χ2v) is 7.81. The van der Waals surface area contributed by atoms with Gasteiger partial charge in [0.15, 0.2) is 5.78 Å². The number of hydrogen-bond acceptors (Lipinski definition) is 2. The first-order valence-corrected chi connectivity index (χ1v) is 7.64. The summed E-state index contributed by atoms with van der Waals surface area (Å²) in [5.74, 6) is 0.265. The van der Waals surface area contributed by atoms with Crippen LogP contribution in [0.25, 0.3) is 0 Å². The predicted molar refractivity (Wildman–Crippen MR) is 76.9 cm³/mol. The van der Waals surface area contributed by atoms with E-state index < -0.39 is 0 Å². The molecule has 4 heteroatoms. The van der Waals surface area contributed by atoms with Gasteiger partial charge in [0.25, 0.3) is 0 Å². The van der Waals surface area contributed by atoms with Crippen molar-refractivity contribution in [1.82, 2.24) is 0 Å². The Hall–Kier alpha value is -0.450. The number of rotatable bonds is 2. The van der Waals surface area contributed by atoms with Crippen molar-refractivity contribution in [2.75, 3.05) is 0 Å². The van der Waals surface area contributed by atoms with E-state index in [2.05, 4.69) is 44.0 Å². The van der Waals surface area contributed by atoms with Crippen LogP contribution in [0.1, 0.15) is 27.4 Å². The van der Waals surface area contributed by atoms with Crippen LogP contribution in [0.3, 0.4) is 0 Å². The van der Waals surface area contributed by atoms with E-state index in [1.807, 2.05) is 18.2 Å². The van der Waals surface area contributed by atoms with Crippen LogP contribution in [0, 0.1) is 0 Å². The Labute approximate surface area is 120 Å². The van der Waals surface area contributed by atoms with Gasteiger partial charge < -0.3 is 0 Å². The number of Topliss-reactive ketones (excluding diaryl/α,β-unsaturated/α-hetero) is 1. The summed E-state index contributed by atoms with van der Waals surface area (Å²) in [5, 5.41) is 0. The lowest BCUT2D eigenvalue weighted by molar-refractivity contribution is 0.0949. The van der Waals surface area contributed by atoms with E-state index in [1.54, 1.807) is 11.3 Å². The topological polar surface area (TPSA) is 17.1 Å². The molecular weight excluding hydrogens is 364 g/mol. The molecule has 0 radical (unpaired) electrons. The largest absolute Gasteiger partial charge is 0.293 e. The maximum atomic E-state index is 12.4. The Balaban J connectivity index is 1.94. The van der Waals surface area contributed by atoms with Gasteiger partial charge in [-0.25, -0.2) is 0 Å². The first-order chi connectivity index (χ1) is 8.16. The lowest BCUT2D eigenvalue weighted by Gasteiger charge is -2.28. The number of benzene rings is 1. The van der Waals surface area contributed by atoms with E-state index in [0.717, 1.165) is 19.6 Å².